The van der Waals surface area contributed by atoms with Crippen molar-refractivity contribution in [1.82, 2.24) is 20.4 Å². The Kier molecular flexibility index (Phi) is 7.28. The van der Waals surface area contributed by atoms with Gasteiger partial charge in [0.05, 0.1) is 0 Å². The van der Waals surface area contributed by atoms with Crippen molar-refractivity contribution in [2.45, 2.75) is 37.4 Å². The molecule has 2 aliphatic heterocycles. The first-order valence-corrected chi connectivity index (χ1v) is 10.9. The summed E-state index contributed by atoms with van der Waals surface area (Å²) < 4.78 is 0. The Balaban J connectivity index is 1.27. The van der Waals surface area contributed by atoms with Gasteiger partial charge in [-0.2, -0.15) is 11.8 Å². The SMILES string of the molecule is CN=C(NCCN1CCN(C(=O)C2CCC2)CC1)NCC1CCCS1. The van der Waals surface area contributed by atoms with E-state index >= 15 is 0 Å². The number of nitrogens with one attached hydrogen (secondary N) is 2. The van der Waals surface area contributed by atoms with Gasteiger partial charge < -0.3 is 15.5 Å². The zero-order valence-corrected chi connectivity index (χ0v) is 16.3. The van der Waals surface area contributed by atoms with Crippen molar-refractivity contribution in [3.05, 3.63) is 0 Å². The van der Waals surface area contributed by atoms with Crippen molar-refractivity contribution < 1.29 is 4.79 Å². The second-order valence-electron chi connectivity index (χ2n) is 7.31. The Bertz CT molecular complexity index is 454. The monoisotopic (exact) mass is 367 g/mol. The summed E-state index contributed by atoms with van der Waals surface area (Å²) in [5.74, 6) is 2.94. The number of aliphatic imine (C=N–C) groups is 1. The Morgan fingerprint density at radius 2 is 1.92 bits per heavy atom. The second kappa shape index (κ2) is 9.67. The van der Waals surface area contributed by atoms with Gasteiger partial charge >= 0.3 is 0 Å². The summed E-state index contributed by atoms with van der Waals surface area (Å²) in [6, 6.07) is 0. The van der Waals surface area contributed by atoms with Gasteiger partial charge in [0.25, 0.3) is 0 Å². The van der Waals surface area contributed by atoms with E-state index in [2.05, 4.69) is 37.2 Å². The predicted octanol–water partition coefficient (Wildman–Crippen LogP) is 0.991. The van der Waals surface area contributed by atoms with Crippen LogP contribution in [-0.2, 0) is 4.79 Å². The van der Waals surface area contributed by atoms with Crippen molar-refractivity contribution in [3.63, 3.8) is 0 Å². The van der Waals surface area contributed by atoms with Gasteiger partial charge in [0.1, 0.15) is 0 Å². The molecule has 0 aromatic heterocycles. The van der Waals surface area contributed by atoms with Crippen LogP contribution in [0.5, 0.6) is 0 Å². The van der Waals surface area contributed by atoms with Gasteiger partial charge in [-0.25, -0.2) is 0 Å². The molecule has 3 aliphatic rings. The van der Waals surface area contributed by atoms with E-state index in [1.807, 2.05) is 7.05 Å². The Morgan fingerprint density at radius 3 is 2.52 bits per heavy atom. The van der Waals surface area contributed by atoms with Gasteiger partial charge in [0.2, 0.25) is 5.91 Å². The molecule has 0 spiro atoms. The van der Waals surface area contributed by atoms with E-state index in [0.29, 0.717) is 11.8 Å². The molecule has 1 aliphatic carbocycles. The largest absolute Gasteiger partial charge is 0.355 e. The van der Waals surface area contributed by atoms with E-state index in [1.54, 1.807) is 0 Å². The molecular weight excluding hydrogens is 334 g/mol. The molecule has 3 rings (SSSR count). The lowest BCUT2D eigenvalue weighted by atomic mass is 9.84. The summed E-state index contributed by atoms with van der Waals surface area (Å²) in [6.45, 7) is 6.67. The molecule has 1 amide bonds. The minimum atomic E-state index is 0.334. The summed E-state index contributed by atoms with van der Waals surface area (Å²) in [6.07, 6.45) is 6.11. The maximum atomic E-state index is 12.3. The Labute approximate surface area is 156 Å². The fourth-order valence-electron chi connectivity index (χ4n) is 3.67. The van der Waals surface area contributed by atoms with Crippen LogP contribution in [-0.4, -0.2) is 85.5 Å². The fraction of sp³-hybridized carbons (Fsp3) is 0.889. The number of nitrogens with zero attached hydrogens (tertiary/aromatic N) is 3. The van der Waals surface area contributed by atoms with Crippen LogP contribution in [0.15, 0.2) is 4.99 Å². The first kappa shape index (κ1) is 18.8. The summed E-state index contributed by atoms with van der Waals surface area (Å²) >= 11 is 2.07. The lowest BCUT2D eigenvalue weighted by Crippen LogP contribution is -2.52. The van der Waals surface area contributed by atoms with Gasteiger partial charge in [-0.15, -0.1) is 0 Å². The van der Waals surface area contributed by atoms with Crippen LogP contribution in [0.2, 0.25) is 0 Å². The third kappa shape index (κ3) is 5.51. The molecule has 7 heteroatoms. The van der Waals surface area contributed by atoms with Gasteiger partial charge in [-0.05, 0) is 31.4 Å². The summed E-state index contributed by atoms with van der Waals surface area (Å²) in [7, 11) is 1.84. The number of thioether (sulfide) groups is 1. The first-order valence-electron chi connectivity index (χ1n) is 9.83. The molecule has 0 aromatic carbocycles. The number of piperazine rings is 1. The highest BCUT2D eigenvalue weighted by Crippen LogP contribution is 2.28. The highest BCUT2D eigenvalue weighted by molar-refractivity contribution is 8.00. The number of carbonyl (C=O) groups excluding carboxylic acids is 1. The van der Waals surface area contributed by atoms with E-state index in [9.17, 15) is 4.79 Å². The van der Waals surface area contributed by atoms with E-state index in [-0.39, 0.29) is 0 Å². The average Bonchev–Trinajstić information content (AvgIpc) is 3.10. The smallest absolute Gasteiger partial charge is 0.225 e. The lowest BCUT2D eigenvalue weighted by molar-refractivity contribution is -0.139. The highest BCUT2D eigenvalue weighted by atomic mass is 32.2. The summed E-state index contributed by atoms with van der Waals surface area (Å²) in [5.41, 5.74) is 0. The molecular formula is C18H33N5OS. The molecule has 142 valence electrons. The maximum Gasteiger partial charge on any atom is 0.225 e. The molecule has 2 heterocycles. The minimum Gasteiger partial charge on any atom is -0.355 e. The number of hydrogen-bond acceptors (Lipinski definition) is 4. The van der Waals surface area contributed by atoms with Crippen LogP contribution in [0.3, 0.4) is 0 Å². The quantitative estimate of drug-likeness (QED) is 0.542. The molecule has 0 bridgehead atoms. The molecule has 0 radical (unpaired) electrons. The zero-order chi connectivity index (χ0) is 17.5. The number of guanidine groups is 1. The highest BCUT2D eigenvalue weighted by Gasteiger charge is 2.31. The molecule has 25 heavy (non-hydrogen) atoms. The van der Waals surface area contributed by atoms with Crippen LogP contribution in [0.1, 0.15) is 32.1 Å². The average molecular weight is 368 g/mol. The van der Waals surface area contributed by atoms with Crippen LogP contribution >= 0.6 is 11.8 Å². The third-order valence-electron chi connectivity index (χ3n) is 5.60. The number of rotatable bonds is 6. The number of amides is 1. The van der Waals surface area contributed by atoms with Gasteiger partial charge in [0, 0.05) is 64.0 Å². The van der Waals surface area contributed by atoms with E-state index in [1.165, 1.54) is 25.0 Å². The zero-order valence-electron chi connectivity index (χ0n) is 15.5. The lowest BCUT2D eigenvalue weighted by Gasteiger charge is -2.38. The molecule has 0 aromatic rings. The molecule has 2 N–H and O–H groups in total. The van der Waals surface area contributed by atoms with Crippen molar-refractivity contribution in [3.8, 4) is 0 Å². The summed E-state index contributed by atoms with van der Waals surface area (Å²) in [5, 5.41) is 7.60. The maximum absolute atomic E-state index is 12.3. The number of hydrogen-bond donors (Lipinski definition) is 2. The topological polar surface area (TPSA) is 60.0 Å². The second-order valence-corrected chi connectivity index (χ2v) is 8.72. The van der Waals surface area contributed by atoms with E-state index in [0.717, 1.165) is 69.9 Å². The van der Waals surface area contributed by atoms with Crippen molar-refractivity contribution in [2.75, 3.05) is 58.6 Å². The summed E-state index contributed by atoms with van der Waals surface area (Å²) in [4.78, 5) is 21.1. The molecule has 1 saturated carbocycles. The van der Waals surface area contributed by atoms with Crippen LogP contribution < -0.4 is 10.6 Å². The molecule has 6 nitrogen and oxygen atoms in total. The van der Waals surface area contributed by atoms with Gasteiger partial charge in [-0.3, -0.25) is 14.7 Å². The molecule has 1 atom stereocenters. The van der Waals surface area contributed by atoms with Crippen molar-refractivity contribution >= 4 is 23.6 Å². The van der Waals surface area contributed by atoms with Crippen LogP contribution in [0.25, 0.3) is 0 Å². The van der Waals surface area contributed by atoms with E-state index < -0.39 is 0 Å². The van der Waals surface area contributed by atoms with Crippen molar-refractivity contribution in [2.24, 2.45) is 10.9 Å². The standard InChI is InChI=1S/C18H33N5OS/c1-19-18(21-14-16-6-3-13-25-16)20-7-8-22-9-11-23(12-10-22)17(24)15-4-2-5-15/h15-16H,2-14H2,1H3,(H2,19,20,21). The predicted molar refractivity (Wildman–Crippen MR) is 105 cm³/mol. The Morgan fingerprint density at radius 1 is 1.12 bits per heavy atom. The fourth-order valence-corrected chi connectivity index (χ4v) is 4.88. The minimum absolute atomic E-state index is 0.334. The third-order valence-corrected chi connectivity index (χ3v) is 7.00. The molecule has 3 fully saturated rings. The molecule has 1 unspecified atom stereocenters. The normalized spacial score (nSPS) is 25.7. The van der Waals surface area contributed by atoms with E-state index in [4.69, 9.17) is 0 Å². The van der Waals surface area contributed by atoms with Crippen LogP contribution in [0, 0.1) is 5.92 Å². The van der Waals surface area contributed by atoms with Crippen molar-refractivity contribution in [1.29, 1.82) is 0 Å². The van der Waals surface area contributed by atoms with Gasteiger partial charge in [0.15, 0.2) is 5.96 Å². The van der Waals surface area contributed by atoms with Gasteiger partial charge in [-0.1, -0.05) is 6.42 Å². The number of carbonyl (C=O) groups is 1. The first-order chi connectivity index (χ1) is 12.3. The Hall–Kier alpha value is -0.950. The van der Waals surface area contributed by atoms with Crippen LogP contribution in [0.4, 0.5) is 0 Å². The molecule has 2 saturated heterocycles.